The second-order valence-corrected chi connectivity index (χ2v) is 7.56. The van der Waals surface area contributed by atoms with E-state index in [9.17, 15) is 9.59 Å². The first-order chi connectivity index (χ1) is 12.6. The quantitative estimate of drug-likeness (QED) is 0.851. The van der Waals surface area contributed by atoms with Crippen LogP contribution in [0.25, 0.3) is 0 Å². The number of amides is 2. The van der Waals surface area contributed by atoms with Gasteiger partial charge in [0.25, 0.3) is 0 Å². The zero-order valence-corrected chi connectivity index (χ0v) is 16.0. The maximum absolute atomic E-state index is 13.0. The van der Waals surface area contributed by atoms with E-state index < -0.39 is 6.04 Å². The molecule has 5 nitrogen and oxygen atoms in total. The highest BCUT2D eigenvalue weighted by Crippen LogP contribution is 2.26. The van der Waals surface area contributed by atoms with Crippen LogP contribution in [0.4, 0.5) is 0 Å². The Morgan fingerprint density at radius 2 is 1.92 bits per heavy atom. The summed E-state index contributed by atoms with van der Waals surface area (Å²) < 4.78 is 0. The molecular weight excluding hydrogens is 326 g/mol. The molecule has 1 aliphatic heterocycles. The van der Waals surface area contributed by atoms with Gasteiger partial charge in [-0.3, -0.25) is 9.59 Å². The van der Waals surface area contributed by atoms with Crippen LogP contribution >= 0.6 is 0 Å². The van der Waals surface area contributed by atoms with E-state index in [0.29, 0.717) is 6.54 Å². The zero-order chi connectivity index (χ0) is 18.5. The molecule has 0 radical (unpaired) electrons. The van der Waals surface area contributed by atoms with E-state index in [0.717, 1.165) is 50.8 Å². The Balaban J connectivity index is 1.67. The average Bonchev–Trinajstić information content (AvgIpc) is 3.22. The molecule has 3 rings (SSSR count). The van der Waals surface area contributed by atoms with Crippen molar-refractivity contribution >= 4 is 11.8 Å². The van der Waals surface area contributed by atoms with Gasteiger partial charge in [0.05, 0.1) is 6.04 Å². The largest absolute Gasteiger partial charge is 0.344 e. The number of carbonyl (C=O) groups excluding carboxylic acids is 2. The molecule has 1 aliphatic carbocycles. The van der Waals surface area contributed by atoms with Crippen molar-refractivity contribution in [3.8, 4) is 0 Å². The van der Waals surface area contributed by atoms with Gasteiger partial charge < -0.3 is 15.5 Å². The molecule has 0 bridgehead atoms. The summed E-state index contributed by atoms with van der Waals surface area (Å²) in [6.07, 6.45) is 5.15. The van der Waals surface area contributed by atoms with Crippen molar-refractivity contribution in [2.45, 2.75) is 58.0 Å². The predicted molar refractivity (Wildman–Crippen MR) is 103 cm³/mol. The summed E-state index contributed by atoms with van der Waals surface area (Å²) in [6.45, 7) is 6.16. The standard InChI is InChI=1S/C21H31N3O2/c1-3-16-8-10-17(11-9-16)19-14-22-12-13-24(19)21(26)15(2)23-20(25)18-6-4-5-7-18/h8-11,15,18-19,22H,3-7,12-14H2,1-2H3,(H,23,25). The lowest BCUT2D eigenvalue weighted by Crippen LogP contribution is -2.54. The van der Waals surface area contributed by atoms with Gasteiger partial charge in [-0.05, 0) is 37.3 Å². The van der Waals surface area contributed by atoms with Crippen molar-refractivity contribution in [1.82, 2.24) is 15.5 Å². The van der Waals surface area contributed by atoms with Crippen LogP contribution in [-0.2, 0) is 16.0 Å². The van der Waals surface area contributed by atoms with Crippen LogP contribution in [0.1, 0.15) is 56.7 Å². The van der Waals surface area contributed by atoms with Crippen LogP contribution in [0.2, 0.25) is 0 Å². The number of benzene rings is 1. The van der Waals surface area contributed by atoms with Gasteiger partial charge in [-0.2, -0.15) is 0 Å². The Kier molecular flexibility index (Phi) is 6.30. The van der Waals surface area contributed by atoms with Gasteiger partial charge in [-0.25, -0.2) is 0 Å². The molecule has 0 spiro atoms. The molecule has 2 amide bonds. The number of carbonyl (C=O) groups is 2. The van der Waals surface area contributed by atoms with E-state index in [1.807, 2.05) is 11.8 Å². The molecule has 26 heavy (non-hydrogen) atoms. The van der Waals surface area contributed by atoms with E-state index in [2.05, 4.69) is 41.8 Å². The summed E-state index contributed by atoms with van der Waals surface area (Å²) >= 11 is 0. The van der Waals surface area contributed by atoms with Crippen molar-refractivity contribution < 1.29 is 9.59 Å². The van der Waals surface area contributed by atoms with Gasteiger partial charge in [0.15, 0.2) is 0 Å². The number of nitrogens with one attached hydrogen (secondary N) is 2. The van der Waals surface area contributed by atoms with Gasteiger partial charge in [0, 0.05) is 25.6 Å². The average molecular weight is 357 g/mol. The molecule has 2 fully saturated rings. The first-order valence-corrected chi connectivity index (χ1v) is 10.0. The molecule has 1 aromatic carbocycles. The third-order valence-corrected chi connectivity index (χ3v) is 5.75. The maximum atomic E-state index is 13.0. The van der Waals surface area contributed by atoms with E-state index in [1.165, 1.54) is 5.56 Å². The smallest absolute Gasteiger partial charge is 0.245 e. The normalized spacial score (nSPS) is 22.2. The predicted octanol–water partition coefficient (Wildman–Crippen LogP) is 2.42. The van der Waals surface area contributed by atoms with Crippen LogP contribution < -0.4 is 10.6 Å². The Morgan fingerprint density at radius 3 is 2.58 bits per heavy atom. The highest BCUT2D eigenvalue weighted by Gasteiger charge is 2.32. The molecule has 2 unspecified atom stereocenters. The van der Waals surface area contributed by atoms with Gasteiger partial charge in [-0.15, -0.1) is 0 Å². The molecule has 1 saturated carbocycles. The van der Waals surface area contributed by atoms with Crippen LogP contribution in [0.3, 0.4) is 0 Å². The monoisotopic (exact) mass is 357 g/mol. The van der Waals surface area contributed by atoms with Crippen molar-refractivity contribution in [2.24, 2.45) is 5.92 Å². The highest BCUT2D eigenvalue weighted by molar-refractivity contribution is 5.88. The van der Waals surface area contributed by atoms with E-state index in [4.69, 9.17) is 0 Å². The fourth-order valence-electron chi connectivity index (χ4n) is 4.07. The molecule has 142 valence electrons. The second kappa shape index (κ2) is 8.67. The van der Waals surface area contributed by atoms with Crippen molar-refractivity contribution in [2.75, 3.05) is 19.6 Å². The summed E-state index contributed by atoms with van der Waals surface area (Å²) in [5.74, 6) is 0.149. The lowest BCUT2D eigenvalue weighted by atomic mass is 10.00. The van der Waals surface area contributed by atoms with Crippen LogP contribution in [0, 0.1) is 5.92 Å². The minimum Gasteiger partial charge on any atom is -0.344 e. The highest BCUT2D eigenvalue weighted by atomic mass is 16.2. The van der Waals surface area contributed by atoms with Crippen molar-refractivity contribution in [3.05, 3.63) is 35.4 Å². The van der Waals surface area contributed by atoms with E-state index in [-0.39, 0.29) is 23.8 Å². The summed E-state index contributed by atoms with van der Waals surface area (Å²) in [6, 6.07) is 8.07. The topological polar surface area (TPSA) is 61.4 Å². The molecule has 1 aromatic rings. The lowest BCUT2D eigenvalue weighted by Gasteiger charge is -2.38. The number of rotatable bonds is 5. The lowest BCUT2D eigenvalue weighted by molar-refractivity contribution is -0.139. The third kappa shape index (κ3) is 4.26. The Labute approximate surface area is 156 Å². The van der Waals surface area contributed by atoms with Gasteiger partial charge in [0.2, 0.25) is 11.8 Å². The van der Waals surface area contributed by atoms with Crippen LogP contribution in [0.5, 0.6) is 0 Å². The summed E-state index contributed by atoms with van der Waals surface area (Å²) in [7, 11) is 0. The number of piperazine rings is 1. The van der Waals surface area contributed by atoms with Crippen LogP contribution in [-0.4, -0.2) is 42.4 Å². The van der Waals surface area contributed by atoms with E-state index in [1.54, 1.807) is 0 Å². The Hall–Kier alpha value is -1.88. The van der Waals surface area contributed by atoms with Crippen molar-refractivity contribution in [3.63, 3.8) is 0 Å². The Morgan fingerprint density at radius 1 is 1.23 bits per heavy atom. The molecule has 1 heterocycles. The minimum absolute atomic E-state index is 0.0161. The summed E-state index contributed by atoms with van der Waals surface area (Å²) in [5, 5.41) is 6.35. The van der Waals surface area contributed by atoms with Gasteiger partial charge >= 0.3 is 0 Å². The summed E-state index contributed by atoms with van der Waals surface area (Å²) in [4.78, 5) is 27.3. The van der Waals surface area contributed by atoms with Gasteiger partial charge in [0.1, 0.15) is 6.04 Å². The van der Waals surface area contributed by atoms with Crippen molar-refractivity contribution in [1.29, 1.82) is 0 Å². The number of aryl methyl sites for hydroxylation is 1. The number of hydrogen-bond donors (Lipinski definition) is 2. The fourth-order valence-corrected chi connectivity index (χ4v) is 4.07. The molecule has 2 atom stereocenters. The maximum Gasteiger partial charge on any atom is 0.245 e. The first-order valence-electron chi connectivity index (χ1n) is 10.0. The van der Waals surface area contributed by atoms with E-state index >= 15 is 0 Å². The zero-order valence-electron chi connectivity index (χ0n) is 16.0. The second-order valence-electron chi connectivity index (χ2n) is 7.56. The first kappa shape index (κ1) is 18.9. The number of hydrogen-bond acceptors (Lipinski definition) is 3. The fraction of sp³-hybridized carbons (Fsp3) is 0.619. The van der Waals surface area contributed by atoms with Gasteiger partial charge in [-0.1, -0.05) is 44.0 Å². The molecule has 5 heteroatoms. The molecular formula is C21H31N3O2. The van der Waals surface area contributed by atoms with Crippen LogP contribution in [0.15, 0.2) is 24.3 Å². The molecule has 0 aromatic heterocycles. The Bertz CT molecular complexity index is 623. The molecule has 2 N–H and O–H groups in total. The molecule has 1 saturated heterocycles. The third-order valence-electron chi connectivity index (χ3n) is 5.75. The minimum atomic E-state index is -0.474. The SMILES string of the molecule is CCc1ccc(C2CNCCN2C(=O)C(C)NC(=O)C2CCCC2)cc1. The molecule has 2 aliphatic rings. The summed E-state index contributed by atoms with van der Waals surface area (Å²) in [5.41, 5.74) is 2.45. The number of nitrogens with zero attached hydrogens (tertiary/aromatic N) is 1.